The molecule has 2 aliphatic heterocycles. The number of hydrogen-bond acceptors (Lipinski definition) is 7. The fraction of sp³-hybridized carbons (Fsp3) is 0.469. The Morgan fingerprint density at radius 2 is 1.77 bits per heavy atom. The van der Waals surface area contributed by atoms with Crippen molar-refractivity contribution in [1.82, 2.24) is 14.4 Å². The topological polar surface area (TPSA) is 82.7 Å². The summed E-state index contributed by atoms with van der Waals surface area (Å²) in [6.45, 7) is 0.762. The Labute approximate surface area is 268 Å². The lowest BCUT2D eigenvalue weighted by molar-refractivity contribution is -0.0198. The number of piperidine rings is 1. The second-order valence-electron chi connectivity index (χ2n) is 13.1. The normalized spacial score (nSPS) is 26.5. The second-order valence-corrected chi connectivity index (χ2v) is 15.1. The molecule has 1 N–H and O–H groups in total. The van der Waals surface area contributed by atoms with E-state index in [0.29, 0.717) is 49.9 Å². The highest BCUT2D eigenvalue weighted by Gasteiger charge is 2.55. The Morgan fingerprint density at radius 1 is 1.07 bits per heavy atom. The second kappa shape index (κ2) is 10.3. The minimum absolute atomic E-state index is 0.0410. The zero-order valence-electron chi connectivity index (χ0n) is 23.7. The number of rotatable bonds is 7. The Balaban J connectivity index is 0.989. The molecule has 2 saturated heterocycles. The highest BCUT2D eigenvalue weighted by Crippen LogP contribution is 2.58. The van der Waals surface area contributed by atoms with Crippen LogP contribution in [0.5, 0.6) is 0 Å². The Bertz CT molecular complexity index is 1730. The van der Waals surface area contributed by atoms with Gasteiger partial charge in [0.25, 0.3) is 0 Å². The van der Waals surface area contributed by atoms with Gasteiger partial charge in [0.15, 0.2) is 5.69 Å². The van der Waals surface area contributed by atoms with Gasteiger partial charge in [-0.1, -0.05) is 46.0 Å². The maximum absolute atomic E-state index is 11.6. The van der Waals surface area contributed by atoms with Crippen LogP contribution in [0.1, 0.15) is 79.1 Å². The van der Waals surface area contributed by atoms with Gasteiger partial charge in [-0.05, 0) is 99.6 Å². The highest BCUT2D eigenvalue weighted by atomic mass is 35.5. The standard InChI is InChI=1S/C32H31Cl3N4O3S/c1-38(15-21-28(36-42-30(21)16-5-6-16)26-22(33)3-2-4-23(26)34)20-13-32(14-20)11-17-7-8-18(12-32)39(17)19-9-24(35)27-25(10-19)43-37-29(27)31(40)41/h2-4,9-10,16-18,20H,5-8,11-15H2,1H3,(H,40,41). The maximum atomic E-state index is 11.6. The van der Waals surface area contributed by atoms with E-state index in [1.165, 1.54) is 50.1 Å². The number of carbonyl (C=O) groups is 1. The van der Waals surface area contributed by atoms with Gasteiger partial charge in [-0.15, -0.1) is 0 Å². The third-order valence-corrected chi connectivity index (χ3v) is 12.0. The predicted molar refractivity (Wildman–Crippen MR) is 171 cm³/mol. The van der Waals surface area contributed by atoms with Crippen molar-refractivity contribution in [3.05, 3.63) is 62.4 Å². The first kappa shape index (κ1) is 28.1. The summed E-state index contributed by atoms with van der Waals surface area (Å²) < 4.78 is 10.9. The fourth-order valence-electron chi connectivity index (χ4n) is 8.20. The Morgan fingerprint density at radius 3 is 2.42 bits per heavy atom. The average molecular weight is 658 g/mol. The lowest BCUT2D eigenvalue weighted by Gasteiger charge is -2.57. The smallest absolute Gasteiger partial charge is 0.356 e. The van der Waals surface area contributed by atoms with E-state index in [-0.39, 0.29) is 5.69 Å². The third-order valence-electron chi connectivity index (χ3n) is 10.3. The van der Waals surface area contributed by atoms with Crippen LogP contribution >= 0.6 is 46.3 Å². The molecule has 7 nitrogen and oxygen atoms in total. The van der Waals surface area contributed by atoms with E-state index in [2.05, 4.69) is 32.4 Å². The number of aromatic carboxylic acids is 1. The molecule has 2 atom stereocenters. The van der Waals surface area contributed by atoms with Crippen LogP contribution < -0.4 is 4.90 Å². The van der Waals surface area contributed by atoms with Crippen LogP contribution in [0.25, 0.3) is 21.3 Å². The molecule has 0 amide bonds. The first-order valence-corrected chi connectivity index (χ1v) is 16.9. The third kappa shape index (κ3) is 4.67. The van der Waals surface area contributed by atoms with Gasteiger partial charge in [0.05, 0.1) is 19.8 Å². The largest absolute Gasteiger partial charge is 0.476 e. The molecule has 2 aromatic carbocycles. The summed E-state index contributed by atoms with van der Waals surface area (Å²) in [5.74, 6) is 0.388. The van der Waals surface area contributed by atoms with Gasteiger partial charge in [0, 0.05) is 52.8 Å². The van der Waals surface area contributed by atoms with Gasteiger partial charge in [0.2, 0.25) is 0 Å². The zero-order chi connectivity index (χ0) is 29.6. The number of hydrogen-bond donors (Lipinski definition) is 1. The number of carboxylic acids is 1. The van der Waals surface area contributed by atoms with Gasteiger partial charge in [-0.25, -0.2) is 4.79 Å². The monoisotopic (exact) mass is 656 g/mol. The van der Waals surface area contributed by atoms with E-state index in [1.54, 1.807) is 0 Å². The van der Waals surface area contributed by atoms with E-state index in [1.807, 2.05) is 24.3 Å². The number of fused-ring (bicyclic) bond motifs is 3. The fourth-order valence-corrected chi connectivity index (χ4v) is 9.96. The minimum Gasteiger partial charge on any atom is -0.476 e. The molecular weight excluding hydrogens is 627 g/mol. The number of carboxylic acid groups (broad SMARTS) is 1. The molecule has 2 aliphatic carbocycles. The van der Waals surface area contributed by atoms with Crippen molar-refractivity contribution in [1.29, 1.82) is 0 Å². The van der Waals surface area contributed by atoms with E-state index in [0.717, 1.165) is 52.4 Å². The molecule has 8 rings (SSSR count). The van der Waals surface area contributed by atoms with Gasteiger partial charge in [-0.2, -0.15) is 4.37 Å². The molecule has 4 aromatic rings. The molecule has 2 aromatic heterocycles. The van der Waals surface area contributed by atoms with Crippen molar-refractivity contribution in [2.45, 2.75) is 82.0 Å². The van der Waals surface area contributed by atoms with Crippen molar-refractivity contribution in [2.75, 3.05) is 11.9 Å². The molecule has 4 heterocycles. The van der Waals surface area contributed by atoms with Crippen LogP contribution in [0.15, 0.2) is 34.9 Å². The van der Waals surface area contributed by atoms with Crippen LogP contribution in [0.4, 0.5) is 5.69 Å². The van der Waals surface area contributed by atoms with Gasteiger partial charge >= 0.3 is 5.97 Å². The summed E-state index contributed by atoms with van der Waals surface area (Å²) in [6, 6.07) is 11.0. The van der Waals surface area contributed by atoms with Crippen molar-refractivity contribution in [3.8, 4) is 11.3 Å². The van der Waals surface area contributed by atoms with Crippen LogP contribution in [-0.4, -0.2) is 50.7 Å². The molecule has 2 saturated carbocycles. The number of benzene rings is 2. The summed E-state index contributed by atoms with van der Waals surface area (Å²) >= 11 is 21.1. The molecule has 1 spiro atoms. The van der Waals surface area contributed by atoms with E-state index >= 15 is 0 Å². The van der Waals surface area contributed by atoms with Gasteiger partial charge < -0.3 is 14.5 Å². The Kier molecular flexibility index (Phi) is 6.77. The molecular formula is C32H31Cl3N4O3S. The van der Waals surface area contributed by atoms with Crippen LogP contribution in [-0.2, 0) is 6.54 Å². The molecule has 11 heteroatoms. The van der Waals surface area contributed by atoms with Crippen LogP contribution in [0, 0.1) is 5.41 Å². The molecule has 0 radical (unpaired) electrons. The lowest BCUT2D eigenvalue weighted by atomic mass is 9.58. The highest BCUT2D eigenvalue weighted by molar-refractivity contribution is 7.13. The summed E-state index contributed by atoms with van der Waals surface area (Å²) in [5, 5.41) is 16.2. The molecule has 4 fully saturated rings. The average Bonchev–Trinajstić information content (AvgIpc) is 3.46. The number of nitrogens with zero attached hydrogens (tertiary/aromatic N) is 4. The predicted octanol–water partition coefficient (Wildman–Crippen LogP) is 8.90. The van der Waals surface area contributed by atoms with Crippen molar-refractivity contribution < 1.29 is 14.4 Å². The lowest BCUT2D eigenvalue weighted by Crippen LogP contribution is -2.57. The van der Waals surface area contributed by atoms with Gasteiger partial charge in [-0.3, -0.25) is 4.90 Å². The minimum atomic E-state index is -1.04. The van der Waals surface area contributed by atoms with Crippen molar-refractivity contribution in [2.24, 2.45) is 5.41 Å². The summed E-state index contributed by atoms with van der Waals surface area (Å²) in [5.41, 5.74) is 4.15. The van der Waals surface area contributed by atoms with Crippen molar-refractivity contribution in [3.63, 3.8) is 0 Å². The number of anilines is 1. The Hall–Kier alpha value is -2.36. The maximum Gasteiger partial charge on any atom is 0.356 e. The molecule has 224 valence electrons. The van der Waals surface area contributed by atoms with E-state index in [9.17, 15) is 9.90 Å². The van der Waals surface area contributed by atoms with E-state index < -0.39 is 5.97 Å². The van der Waals surface area contributed by atoms with Crippen LogP contribution in [0.3, 0.4) is 0 Å². The summed E-state index contributed by atoms with van der Waals surface area (Å²) in [6.07, 6.45) is 9.35. The van der Waals surface area contributed by atoms with Crippen molar-refractivity contribution >= 4 is 68.1 Å². The first-order valence-electron chi connectivity index (χ1n) is 14.9. The number of aromatic nitrogens is 2. The molecule has 2 unspecified atom stereocenters. The quantitative estimate of drug-likeness (QED) is 0.213. The molecule has 43 heavy (non-hydrogen) atoms. The van der Waals surface area contributed by atoms with E-state index in [4.69, 9.17) is 39.3 Å². The zero-order valence-corrected chi connectivity index (χ0v) is 26.7. The first-order chi connectivity index (χ1) is 20.7. The van der Waals surface area contributed by atoms with Crippen LogP contribution in [0.2, 0.25) is 15.1 Å². The molecule has 4 aliphatic rings. The summed E-state index contributed by atoms with van der Waals surface area (Å²) in [4.78, 5) is 16.7. The molecule has 2 bridgehead atoms. The summed E-state index contributed by atoms with van der Waals surface area (Å²) in [7, 11) is 2.22. The number of halogens is 3. The van der Waals surface area contributed by atoms with Gasteiger partial charge in [0.1, 0.15) is 11.5 Å². The SMILES string of the molecule is CN(Cc1c(-c2c(Cl)cccc2Cl)noc1C1CC1)C1CC2(C1)CC1CCC(C2)N1c1cc(Cl)c2c(C(=O)O)nsc2c1.